The second-order valence-electron chi connectivity index (χ2n) is 4.07. The number of rotatable bonds is 2. The van der Waals surface area contributed by atoms with Crippen LogP contribution >= 0.6 is 11.3 Å². The van der Waals surface area contributed by atoms with E-state index in [-0.39, 0.29) is 5.06 Å². The molecule has 0 amide bonds. The number of benzene rings is 1. The minimum Gasteiger partial charge on any atom is -0.498 e. The molecule has 0 atom stereocenters. The lowest BCUT2D eigenvalue weighted by Gasteiger charge is -2.10. The Labute approximate surface area is 105 Å². The summed E-state index contributed by atoms with van der Waals surface area (Å²) < 4.78 is 5.40. The fraction of sp³-hybridized carbons (Fsp3) is 0.308. The molecule has 0 unspecified atom stereocenters. The molecule has 2 rings (SSSR count). The van der Waals surface area contributed by atoms with Gasteiger partial charge in [-0.05, 0) is 38.0 Å². The van der Waals surface area contributed by atoms with Crippen molar-refractivity contribution in [2.75, 3.05) is 7.11 Å². The number of aromatic hydroxyl groups is 1. The number of methoxy groups -OCH3 is 1. The molecular formula is C13H15NO2S. The van der Waals surface area contributed by atoms with Crippen molar-refractivity contribution in [2.24, 2.45) is 0 Å². The highest BCUT2D eigenvalue weighted by Crippen LogP contribution is 2.39. The zero-order valence-electron chi connectivity index (χ0n) is 10.4. The van der Waals surface area contributed by atoms with Gasteiger partial charge in [-0.15, -0.1) is 0 Å². The molecule has 0 aliphatic rings. The van der Waals surface area contributed by atoms with Crippen LogP contribution in [0.15, 0.2) is 12.1 Å². The van der Waals surface area contributed by atoms with Crippen LogP contribution in [0.3, 0.4) is 0 Å². The van der Waals surface area contributed by atoms with Gasteiger partial charge in [-0.2, -0.15) is 0 Å². The van der Waals surface area contributed by atoms with Crippen molar-refractivity contribution in [3.05, 3.63) is 29.0 Å². The summed E-state index contributed by atoms with van der Waals surface area (Å²) in [4.78, 5) is 4.37. The third kappa shape index (κ3) is 2.13. The summed E-state index contributed by atoms with van der Waals surface area (Å²) in [6.07, 6.45) is 0. The maximum atomic E-state index is 9.63. The monoisotopic (exact) mass is 249 g/mol. The fourth-order valence-electron chi connectivity index (χ4n) is 1.86. The normalized spacial score (nSPS) is 10.6. The van der Waals surface area contributed by atoms with Crippen molar-refractivity contribution >= 4 is 11.3 Å². The molecule has 1 aromatic heterocycles. The van der Waals surface area contributed by atoms with Gasteiger partial charge in [0.25, 0.3) is 0 Å². The predicted molar refractivity (Wildman–Crippen MR) is 70.0 cm³/mol. The van der Waals surface area contributed by atoms with Crippen molar-refractivity contribution in [3.8, 4) is 21.4 Å². The first-order chi connectivity index (χ1) is 8.02. The number of hydrogen-bond acceptors (Lipinski definition) is 4. The van der Waals surface area contributed by atoms with Crippen LogP contribution in [0.4, 0.5) is 0 Å². The predicted octanol–water partition coefficient (Wildman–Crippen LogP) is 3.45. The standard InChI is InChI=1S/C13H15NO2S/c1-7-5-8(2)11(10(6-7)16-4)12-14-9(3)13(15)17-12/h5-6,15H,1-4H3. The summed E-state index contributed by atoms with van der Waals surface area (Å²) in [5.41, 5.74) is 3.88. The number of hydrogen-bond donors (Lipinski definition) is 1. The Morgan fingerprint density at radius 3 is 2.47 bits per heavy atom. The van der Waals surface area contributed by atoms with Gasteiger partial charge >= 0.3 is 0 Å². The van der Waals surface area contributed by atoms with E-state index < -0.39 is 0 Å². The minimum absolute atomic E-state index is 0.266. The summed E-state index contributed by atoms with van der Waals surface area (Å²) in [6, 6.07) is 4.07. The van der Waals surface area contributed by atoms with Gasteiger partial charge in [0.2, 0.25) is 0 Å². The van der Waals surface area contributed by atoms with Gasteiger partial charge in [0.1, 0.15) is 10.8 Å². The summed E-state index contributed by atoms with van der Waals surface area (Å²) in [7, 11) is 1.65. The first-order valence-corrected chi connectivity index (χ1v) is 6.16. The second-order valence-corrected chi connectivity index (χ2v) is 5.05. The lowest BCUT2D eigenvalue weighted by Crippen LogP contribution is -1.92. The van der Waals surface area contributed by atoms with E-state index in [0.717, 1.165) is 27.4 Å². The lowest BCUT2D eigenvalue weighted by molar-refractivity contribution is 0.416. The van der Waals surface area contributed by atoms with E-state index in [2.05, 4.69) is 11.1 Å². The molecule has 0 bridgehead atoms. The Hall–Kier alpha value is -1.55. The molecular weight excluding hydrogens is 234 g/mol. The van der Waals surface area contributed by atoms with Crippen LogP contribution in [0.2, 0.25) is 0 Å². The van der Waals surface area contributed by atoms with Crippen LogP contribution in [-0.4, -0.2) is 17.2 Å². The number of aryl methyl sites for hydroxylation is 3. The van der Waals surface area contributed by atoms with E-state index in [0.29, 0.717) is 5.69 Å². The molecule has 0 saturated carbocycles. The van der Waals surface area contributed by atoms with E-state index in [1.54, 1.807) is 14.0 Å². The maximum Gasteiger partial charge on any atom is 0.195 e. The Balaban J connectivity index is 2.65. The van der Waals surface area contributed by atoms with E-state index in [4.69, 9.17) is 4.74 Å². The summed E-state index contributed by atoms with van der Waals surface area (Å²) >= 11 is 1.28. The fourth-order valence-corrected chi connectivity index (χ4v) is 2.78. The van der Waals surface area contributed by atoms with E-state index >= 15 is 0 Å². The molecule has 4 heteroatoms. The van der Waals surface area contributed by atoms with Crippen molar-refractivity contribution in [3.63, 3.8) is 0 Å². The number of thiazole rings is 1. The summed E-state index contributed by atoms with van der Waals surface area (Å²) in [5, 5.41) is 10.7. The zero-order valence-corrected chi connectivity index (χ0v) is 11.2. The highest BCUT2D eigenvalue weighted by molar-refractivity contribution is 7.16. The zero-order chi connectivity index (χ0) is 12.6. The van der Waals surface area contributed by atoms with Crippen molar-refractivity contribution < 1.29 is 9.84 Å². The Morgan fingerprint density at radius 1 is 1.24 bits per heavy atom. The van der Waals surface area contributed by atoms with Crippen molar-refractivity contribution in [2.45, 2.75) is 20.8 Å². The van der Waals surface area contributed by atoms with Crippen LogP contribution in [0, 0.1) is 20.8 Å². The largest absolute Gasteiger partial charge is 0.498 e. The van der Waals surface area contributed by atoms with Gasteiger partial charge < -0.3 is 9.84 Å². The smallest absolute Gasteiger partial charge is 0.195 e. The molecule has 90 valence electrons. The van der Waals surface area contributed by atoms with Crippen LogP contribution in [0.5, 0.6) is 10.8 Å². The molecule has 3 nitrogen and oxygen atoms in total. The van der Waals surface area contributed by atoms with Gasteiger partial charge in [0, 0.05) is 0 Å². The van der Waals surface area contributed by atoms with Crippen molar-refractivity contribution in [1.29, 1.82) is 0 Å². The molecule has 1 aromatic carbocycles. The molecule has 0 fully saturated rings. The summed E-state index contributed by atoms with van der Waals surface area (Å²) in [6.45, 7) is 5.85. The first-order valence-electron chi connectivity index (χ1n) is 5.35. The number of aromatic nitrogens is 1. The van der Waals surface area contributed by atoms with E-state index in [1.165, 1.54) is 11.3 Å². The van der Waals surface area contributed by atoms with E-state index in [9.17, 15) is 5.11 Å². The maximum absolute atomic E-state index is 9.63. The third-order valence-electron chi connectivity index (χ3n) is 2.65. The molecule has 0 aliphatic heterocycles. The average Bonchev–Trinajstić information content (AvgIpc) is 2.57. The summed E-state index contributed by atoms with van der Waals surface area (Å²) in [5.74, 6) is 0.802. The van der Waals surface area contributed by atoms with Crippen LogP contribution in [0.25, 0.3) is 10.6 Å². The molecule has 1 heterocycles. The number of ether oxygens (including phenoxy) is 1. The molecule has 17 heavy (non-hydrogen) atoms. The number of nitrogens with zero attached hydrogens (tertiary/aromatic N) is 1. The van der Waals surface area contributed by atoms with Gasteiger partial charge in [0.05, 0.1) is 18.4 Å². The van der Waals surface area contributed by atoms with E-state index in [1.807, 2.05) is 19.9 Å². The molecule has 1 N–H and O–H groups in total. The highest BCUT2D eigenvalue weighted by atomic mass is 32.1. The Bertz CT molecular complexity index is 541. The molecule has 0 radical (unpaired) electrons. The molecule has 2 aromatic rings. The molecule has 0 aliphatic carbocycles. The van der Waals surface area contributed by atoms with Crippen molar-refractivity contribution in [1.82, 2.24) is 4.98 Å². The van der Waals surface area contributed by atoms with Gasteiger partial charge in [-0.25, -0.2) is 4.98 Å². The third-order valence-corrected chi connectivity index (χ3v) is 3.63. The Kier molecular flexibility index (Phi) is 3.07. The average molecular weight is 249 g/mol. The van der Waals surface area contributed by atoms with Crippen LogP contribution < -0.4 is 4.74 Å². The lowest BCUT2D eigenvalue weighted by atomic mass is 10.0. The first kappa shape index (κ1) is 11.9. The van der Waals surface area contributed by atoms with Gasteiger partial charge in [-0.1, -0.05) is 17.4 Å². The quantitative estimate of drug-likeness (QED) is 0.886. The van der Waals surface area contributed by atoms with Gasteiger partial charge in [0.15, 0.2) is 5.06 Å². The molecule has 0 saturated heterocycles. The Morgan fingerprint density at radius 2 is 1.94 bits per heavy atom. The minimum atomic E-state index is 0.266. The van der Waals surface area contributed by atoms with Crippen LogP contribution in [-0.2, 0) is 0 Å². The van der Waals surface area contributed by atoms with Crippen LogP contribution in [0.1, 0.15) is 16.8 Å². The van der Waals surface area contributed by atoms with Gasteiger partial charge in [-0.3, -0.25) is 0 Å². The molecule has 0 spiro atoms. The topological polar surface area (TPSA) is 42.4 Å². The SMILES string of the molecule is COc1cc(C)cc(C)c1-c1nc(C)c(O)s1. The second kappa shape index (κ2) is 4.37. The highest BCUT2D eigenvalue weighted by Gasteiger charge is 2.15.